The second-order valence-electron chi connectivity index (χ2n) is 2.86. The highest BCUT2D eigenvalue weighted by atomic mass is 32.2. The smallest absolute Gasteiger partial charge is 0.341 e. The Hall–Kier alpha value is -1.43. The minimum absolute atomic E-state index is 0.0248. The van der Waals surface area contributed by atoms with Crippen LogP contribution < -0.4 is 0 Å². The zero-order valence-electron chi connectivity index (χ0n) is 8.76. The van der Waals surface area contributed by atoms with Crippen LogP contribution >= 0.6 is 11.8 Å². The van der Waals surface area contributed by atoms with Crippen molar-refractivity contribution in [2.24, 2.45) is 0 Å². The van der Waals surface area contributed by atoms with Gasteiger partial charge >= 0.3 is 11.9 Å². The van der Waals surface area contributed by atoms with Crippen molar-refractivity contribution in [3.05, 3.63) is 23.7 Å². The van der Waals surface area contributed by atoms with Gasteiger partial charge in [0.15, 0.2) is 0 Å². The molecule has 16 heavy (non-hydrogen) atoms. The predicted molar refractivity (Wildman–Crippen MR) is 58.5 cm³/mol. The molecular weight excluding hydrogens is 232 g/mol. The molecule has 1 N–H and O–H groups in total. The largest absolute Gasteiger partial charge is 0.481 e. The van der Waals surface area contributed by atoms with Crippen LogP contribution in [0.15, 0.2) is 16.7 Å². The molecule has 0 unspecified atom stereocenters. The number of thioether (sulfide) groups is 1. The molecule has 1 heterocycles. The first-order valence-corrected chi connectivity index (χ1v) is 5.83. The summed E-state index contributed by atoms with van der Waals surface area (Å²) in [6, 6.07) is 1.52. The number of hydrogen-bond donors (Lipinski definition) is 1. The molecule has 6 heteroatoms. The first-order chi connectivity index (χ1) is 7.65. The molecule has 0 aliphatic rings. The molecule has 1 aromatic heterocycles. The summed E-state index contributed by atoms with van der Waals surface area (Å²) < 4.78 is 9.93. The maximum absolute atomic E-state index is 11.4. The molecule has 0 radical (unpaired) electrons. The van der Waals surface area contributed by atoms with Gasteiger partial charge < -0.3 is 14.3 Å². The Morgan fingerprint density at radius 3 is 2.94 bits per heavy atom. The number of furan rings is 1. The van der Waals surface area contributed by atoms with E-state index >= 15 is 0 Å². The van der Waals surface area contributed by atoms with Crippen molar-refractivity contribution in [1.82, 2.24) is 0 Å². The summed E-state index contributed by atoms with van der Waals surface area (Å²) in [5, 5.41) is 8.46. The maximum Gasteiger partial charge on any atom is 0.341 e. The van der Waals surface area contributed by atoms with Gasteiger partial charge in [-0.1, -0.05) is 0 Å². The van der Waals surface area contributed by atoms with Gasteiger partial charge in [-0.25, -0.2) is 4.79 Å². The average Bonchev–Trinajstić information content (AvgIpc) is 2.66. The Labute approximate surface area is 96.8 Å². The van der Waals surface area contributed by atoms with Crippen molar-refractivity contribution in [1.29, 1.82) is 0 Å². The van der Waals surface area contributed by atoms with Crippen LogP contribution in [-0.2, 0) is 15.3 Å². The van der Waals surface area contributed by atoms with Gasteiger partial charge in [0.25, 0.3) is 0 Å². The molecule has 0 saturated carbocycles. The van der Waals surface area contributed by atoms with Crippen molar-refractivity contribution < 1.29 is 23.8 Å². The number of rotatable bonds is 6. The molecule has 0 aliphatic carbocycles. The Morgan fingerprint density at radius 2 is 2.31 bits per heavy atom. The van der Waals surface area contributed by atoms with Gasteiger partial charge in [0, 0.05) is 0 Å². The van der Waals surface area contributed by atoms with E-state index in [-0.39, 0.29) is 5.75 Å². The lowest BCUT2D eigenvalue weighted by molar-refractivity contribution is -0.133. The molecule has 1 aromatic rings. The highest BCUT2D eigenvalue weighted by molar-refractivity contribution is 7.99. The normalized spacial score (nSPS) is 10.1. The number of carbonyl (C=O) groups is 2. The minimum Gasteiger partial charge on any atom is -0.481 e. The van der Waals surface area contributed by atoms with Crippen molar-refractivity contribution in [2.45, 2.75) is 12.7 Å². The Kier molecular flexibility index (Phi) is 4.91. The van der Waals surface area contributed by atoms with E-state index in [0.717, 1.165) is 0 Å². The Morgan fingerprint density at radius 1 is 1.56 bits per heavy atom. The molecule has 5 nitrogen and oxygen atoms in total. The van der Waals surface area contributed by atoms with Gasteiger partial charge in [-0.05, 0) is 13.0 Å². The summed E-state index contributed by atoms with van der Waals surface area (Å²) in [7, 11) is 0. The number of esters is 1. The third-order valence-electron chi connectivity index (χ3n) is 1.70. The summed E-state index contributed by atoms with van der Waals surface area (Å²) in [5.74, 6) is -0.572. The van der Waals surface area contributed by atoms with E-state index < -0.39 is 11.9 Å². The summed E-state index contributed by atoms with van der Waals surface area (Å²) in [6.07, 6.45) is 1.39. The lowest BCUT2D eigenvalue weighted by atomic mass is 10.3. The van der Waals surface area contributed by atoms with E-state index in [1.54, 1.807) is 6.92 Å². The summed E-state index contributed by atoms with van der Waals surface area (Å²) in [5.41, 5.74) is 0.361. The van der Waals surface area contributed by atoms with E-state index in [2.05, 4.69) is 0 Å². The Bertz CT molecular complexity index is 371. The van der Waals surface area contributed by atoms with Crippen molar-refractivity contribution >= 4 is 23.7 Å². The highest BCUT2D eigenvalue weighted by Gasteiger charge is 2.15. The van der Waals surface area contributed by atoms with Crippen LogP contribution in [0.2, 0.25) is 0 Å². The highest BCUT2D eigenvalue weighted by Crippen LogP contribution is 2.18. The molecule has 1 rings (SSSR count). The van der Waals surface area contributed by atoms with Crippen LogP contribution in [0.25, 0.3) is 0 Å². The van der Waals surface area contributed by atoms with E-state index in [1.165, 1.54) is 24.1 Å². The monoisotopic (exact) mass is 244 g/mol. The molecule has 0 aliphatic heterocycles. The van der Waals surface area contributed by atoms with Gasteiger partial charge in [-0.3, -0.25) is 4.79 Å². The van der Waals surface area contributed by atoms with Gasteiger partial charge in [-0.15, -0.1) is 11.8 Å². The molecule has 0 spiro atoms. The second kappa shape index (κ2) is 6.22. The number of hydrogen-bond acceptors (Lipinski definition) is 5. The van der Waals surface area contributed by atoms with Crippen LogP contribution in [0.1, 0.15) is 23.0 Å². The van der Waals surface area contributed by atoms with Gasteiger partial charge in [0.2, 0.25) is 0 Å². The van der Waals surface area contributed by atoms with Crippen LogP contribution in [-0.4, -0.2) is 29.4 Å². The second-order valence-corrected chi connectivity index (χ2v) is 3.85. The maximum atomic E-state index is 11.4. The van der Waals surface area contributed by atoms with Crippen LogP contribution in [0.5, 0.6) is 0 Å². The van der Waals surface area contributed by atoms with Gasteiger partial charge in [0.05, 0.1) is 24.4 Å². The molecule has 88 valence electrons. The third-order valence-corrected chi connectivity index (χ3v) is 2.62. The molecule has 0 aromatic carbocycles. The Balaban J connectivity index is 2.56. The van der Waals surface area contributed by atoms with Crippen molar-refractivity contribution in [2.75, 3.05) is 12.4 Å². The van der Waals surface area contributed by atoms with Crippen LogP contribution in [0.3, 0.4) is 0 Å². The molecule has 0 fully saturated rings. The minimum atomic E-state index is -0.894. The summed E-state index contributed by atoms with van der Waals surface area (Å²) >= 11 is 1.17. The lowest BCUT2D eigenvalue weighted by Gasteiger charge is -2.01. The van der Waals surface area contributed by atoms with E-state index in [9.17, 15) is 9.59 Å². The number of carboxylic acids is 1. The fourth-order valence-electron chi connectivity index (χ4n) is 1.07. The van der Waals surface area contributed by atoms with Gasteiger partial charge in [0.1, 0.15) is 11.3 Å². The predicted octanol–water partition coefficient (Wildman–Crippen LogP) is 1.77. The molecular formula is C10H12O5S. The summed E-state index contributed by atoms with van der Waals surface area (Å²) in [4.78, 5) is 21.7. The zero-order valence-corrected chi connectivity index (χ0v) is 9.58. The fraction of sp³-hybridized carbons (Fsp3) is 0.400. The number of carboxylic acid groups (broad SMARTS) is 1. The average molecular weight is 244 g/mol. The molecule has 0 atom stereocenters. The van der Waals surface area contributed by atoms with Crippen molar-refractivity contribution in [3.63, 3.8) is 0 Å². The molecule has 0 amide bonds. The number of ether oxygens (including phenoxy) is 1. The third kappa shape index (κ3) is 3.62. The standard InChI is InChI=1S/C10H12O5S/c1-2-14-10(13)7-3-4-15-8(7)5-16-6-9(11)12/h3-4H,2,5-6H2,1H3,(H,11,12). The summed E-state index contributed by atoms with van der Waals surface area (Å²) in [6.45, 7) is 2.02. The fourth-order valence-corrected chi connectivity index (χ4v) is 1.76. The lowest BCUT2D eigenvalue weighted by Crippen LogP contribution is -2.06. The SMILES string of the molecule is CCOC(=O)c1ccoc1CSCC(=O)O. The molecule has 0 bridgehead atoms. The van der Waals surface area contributed by atoms with Gasteiger partial charge in [-0.2, -0.15) is 0 Å². The first-order valence-electron chi connectivity index (χ1n) is 4.68. The van der Waals surface area contributed by atoms with Crippen LogP contribution in [0, 0.1) is 0 Å². The van der Waals surface area contributed by atoms with Crippen molar-refractivity contribution in [3.8, 4) is 0 Å². The number of carbonyl (C=O) groups excluding carboxylic acids is 1. The zero-order chi connectivity index (χ0) is 12.0. The topological polar surface area (TPSA) is 76.7 Å². The van der Waals surface area contributed by atoms with E-state index in [1.807, 2.05) is 0 Å². The number of aliphatic carboxylic acids is 1. The van der Waals surface area contributed by atoms with Crippen LogP contribution in [0.4, 0.5) is 0 Å². The van der Waals surface area contributed by atoms with E-state index in [0.29, 0.717) is 23.7 Å². The quantitative estimate of drug-likeness (QED) is 0.768. The van der Waals surface area contributed by atoms with E-state index in [4.69, 9.17) is 14.3 Å². The first kappa shape index (κ1) is 12.6. The molecule has 0 saturated heterocycles.